The zero-order chi connectivity index (χ0) is 22.6. The molecule has 0 radical (unpaired) electrons. The summed E-state index contributed by atoms with van der Waals surface area (Å²) >= 11 is 0. The van der Waals surface area contributed by atoms with Crippen molar-refractivity contribution < 1.29 is 39.3 Å². The minimum atomic E-state index is -1.53. The average Bonchev–Trinajstić information content (AvgIpc) is 2.63. The van der Waals surface area contributed by atoms with E-state index in [0.29, 0.717) is 19.4 Å². The molecule has 0 bridgehead atoms. The molecule has 0 aromatic carbocycles. The Morgan fingerprint density at radius 1 is 0.897 bits per heavy atom. The molecule has 0 fully saturated rings. The molecule has 0 aliphatic carbocycles. The number of nitrogens with two attached hydrogens (primary N) is 2. The number of unbranched alkanes of at least 4 members (excludes halogenated alkanes) is 1. The van der Waals surface area contributed by atoms with E-state index in [0.717, 1.165) is 0 Å². The van der Waals surface area contributed by atoms with E-state index < -0.39 is 66.9 Å². The third kappa shape index (κ3) is 10.4. The first-order valence-corrected chi connectivity index (χ1v) is 8.95. The fraction of sp³-hybridized carbons (Fsp3) is 0.688. The van der Waals surface area contributed by atoms with Gasteiger partial charge in [0.05, 0.1) is 19.1 Å². The topological polar surface area (TPSA) is 234 Å². The monoisotopic (exact) mass is 419 g/mol. The number of rotatable bonds is 14. The van der Waals surface area contributed by atoms with E-state index in [-0.39, 0.29) is 6.42 Å². The Morgan fingerprint density at radius 3 is 1.97 bits per heavy atom. The molecule has 4 unspecified atom stereocenters. The van der Waals surface area contributed by atoms with Crippen molar-refractivity contribution in [2.45, 2.75) is 56.8 Å². The van der Waals surface area contributed by atoms with E-state index in [4.69, 9.17) is 26.8 Å². The minimum absolute atomic E-state index is 0.164. The second-order valence-corrected chi connectivity index (χ2v) is 6.36. The van der Waals surface area contributed by atoms with Gasteiger partial charge in [-0.3, -0.25) is 19.2 Å². The standard InChI is InChI=1S/C16H29N5O8/c1-8(13(25)21-11(7-22)16(28)29)19-15(27)10(4-2-3-5-17)20-14(26)9(18)6-12(23)24/h8-11,22H,2-7,17-18H2,1H3,(H,19,27)(H,20,26)(H,21,25)(H,23,24)(H,28,29). The van der Waals surface area contributed by atoms with Crippen molar-refractivity contribution in [2.75, 3.05) is 13.2 Å². The van der Waals surface area contributed by atoms with Gasteiger partial charge < -0.3 is 42.7 Å². The number of carboxylic acid groups (broad SMARTS) is 2. The van der Waals surface area contributed by atoms with Gasteiger partial charge in [0.2, 0.25) is 17.7 Å². The molecule has 29 heavy (non-hydrogen) atoms. The lowest BCUT2D eigenvalue weighted by molar-refractivity contribution is -0.143. The van der Waals surface area contributed by atoms with Crippen LogP contribution in [0.1, 0.15) is 32.6 Å². The average molecular weight is 419 g/mol. The van der Waals surface area contributed by atoms with E-state index in [1.165, 1.54) is 6.92 Å². The molecule has 0 aliphatic rings. The maximum absolute atomic E-state index is 12.5. The lowest BCUT2D eigenvalue weighted by atomic mass is 10.1. The number of carbonyl (C=O) groups excluding carboxylic acids is 3. The minimum Gasteiger partial charge on any atom is -0.481 e. The summed E-state index contributed by atoms with van der Waals surface area (Å²) in [5, 5.41) is 33.2. The highest BCUT2D eigenvalue weighted by Crippen LogP contribution is 2.03. The van der Waals surface area contributed by atoms with Crippen molar-refractivity contribution >= 4 is 29.7 Å². The first-order valence-electron chi connectivity index (χ1n) is 8.95. The van der Waals surface area contributed by atoms with Gasteiger partial charge in [0.25, 0.3) is 0 Å². The van der Waals surface area contributed by atoms with Crippen molar-refractivity contribution in [2.24, 2.45) is 11.5 Å². The molecule has 0 saturated heterocycles. The summed E-state index contributed by atoms with van der Waals surface area (Å²) in [5.41, 5.74) is 10.9. The van der Waals surface area contributed by atoms with Gasteiger partial charge in [0.15, 0.2) is 0 Å². The van der Waals surface area contributed by atoms with Crippen molar-refractivity contribution in [3.8, 4) is 0 Å². The molecule has 0 aliphatic heterocycles. The van der Waals surface area contributed by atoms with Crippen LogP contribution in [0.15, 0.2) is 0 Å². The molecule has 0 rings (SSSR count). The van der Waals surface area contributed by atoms with Gasteiger partial charge >= 0.3 is 11.9 Å². The molecule has 13 nitrogen and oxygen atoms in total. The molecular weight excluding hydrogens is 390 g/mol. The summed E-state index contributed by atoms with van der Waals surface area (Å²) in [6.45, 7) is 0.816. The van der Waals surface area contributed by atoms with E-state index in [1.54, 1.807) is 0 Å². The molecule has 166 valence electrons. The number of hydrogen-bond donors (Lipinski definition) is 8. The van der Waals surface area contributed by atoms with Crippen molar-refractivity contribution in [1.29, 1.82) is 0 Å². The van der Waals surface area contributed by atoms with E-state index >= 15 is 0 Å². The zero-order valence-corrected chi connectivity index (χ0v) is 16.1. The summed E-state index contributed by atoms with van der Waals surface area (Å²) in [6.07, 6.45) is 0.569. The Labute approximate surface area is 167 Å². The van der Waals surface area contributed by atoms with Crippen molar-refractivity contribution in [1.82, 2.24) is 16.0 Å². The van der Waals surface area contributed by atoms with E-state index in [9.17, 15) is 24.0 Å². The second-order valence-electron chi connectivity index (χ2n) is 6.36. The number of aliphatic hydroxyl groups is 1. The van der Waals surface area contributed by atoms with Gasteiger partial charge in [-0.2, -0.15) is 0 Å². The number of hydrogen-bond acceptors (Lipinski definition) is 8. The molecular formula is C16H29N5O8. The molecule has 10 N–H and O–H groups in total. The van der Waals surface area contributed by atoms with Gasteiger partial charge in [-0.25, -0.2) is 4.79 Å². The maximum atomic E-state index is 12.5. The van der Waals surface area contributed by atoms with Gasteiger partial charge in [-0.15, -0.1) is 0 Å². The molecule has 13 heteroatoms. The predicted octanol–water partition coefficient (Wildman–Crippen LogP) is -3.53. The number of nitrogens with one attached hydrogen (secondary N) is 3. The Hall–Kier alpha value is -2.77. The Balaban J connectivity index is 5.00. The normalized spacial score (nSPS) is 14.8. The molecule has 0 aromatic rings. The predicted molar refractivity (Wildman–Crippen MR) is 99.3 cm³/mol. The highest BCUT2D eigenvalue weighted by Gasteiger charge is 2.28. The summed E-state index contributed by atoms with van der Waals surface area (Å²) in [6, 6.07) is -5.16. The van der Waals surface area contributed by atoms with Crippen LogP contribution in [-0.2, 0) is 24.0 Å². The van der Waals surface area contributed by atoms with Crippen LogP contribution >= 0.6 is 0 Å². The summed E-state index contributed by atoms with van der Waals surface area (Å²) in [5.74, 6) is -5.16. The quantitative estimate of drug-likeness (QED) is 0.129. The van der Waals surface area contributed by atoms with Crippen LogP contribution < -0.4 is 27.4 Å². The van der Waals surface area contributed by atoms with Crippen LogP contribution in [0.3, 0.4) is 0 Å². The summed E-state index contributed by atoms with van der Waals surface area (Å²) in [4.78, 5) is 58.0. The van der Waals surface area contributed by atoms with Gasteiger partial charge in [0.1, 0.15) is 18.1 Å². The third-order valence-electron chi connectivity index (χ3n) is 3.86. The zero-order valence-electron chi connectivity index (χ0n) is 16.1. The van der Waals surface area contributed by atoms with Crippen LogP contribution in [0, 0.1) is 0 Å². The molecule has 0 aromatic heterocycles. The Morgan fingerprint density at radius 2 is 1.48 bits per heavy atom. The molecule has 3 amide bonds. The van der Waals surface area contributed by atoms with Crippen LogP contribution in [0.2, 0.25) is 0 Å². The summed E-state index contributed by atoms with van der Waals surface area (Å²) < 4.78 is 0. The van der Waals surface area contributed by atoms with Crippen LogP contribution in [0.4, 0.5) is 0 Å². The molecule has 0 spiro atoms. The number of amides is 3. The largest absolute Gasteiger partial charge is 0.481 e. The van der Waals surface area contributed by atoms with E-state index in [2.05, 4.69) is 16.0 Å². The van der Waals surface area contributed by atoms with E-state index in [1.807, 2.05) is 0 Å². The first kappa shape index (κ1) is 26.2. The SMILES string of the molecule is CC(NC(=O)C(CCCCN)NC(=O)C(N)CC(=O)O)C(=O)NC(CO)C(=O)O. The Kier molecular flexibility index (Phi) is 12.1. The second kappa shape index (κ2) is 13.4. The van der Waals surface area contributed by atoms with Crippen LogP contribution in [-0.4, -0.2) is 82.3 Å². The molecule has 0 heterocycles. The van der Waals surface area contributed by atoms with Gasteiger partial charge in [0, 0.05) is 0 Å². The number of aliphatic carboxylic acids is 2. The third-order valence-corrected chi connectivity index (χ3v) is 3.86. The molecule has 4 atom stereocenters. The Bertz CT molecular complexity index is 600. The number of carboxylic acids is 2. The van der Waals surface area contributed by atoms with Crippen molar-refractivity contribution in [3.63, 3.8) is 0 Å². The van der Waals surface area contributed by atoms with Crippen LogP contribution in [0.25, 0.3) is 0 Å². The first-order chi connectivity index (χ1) is 13.5. The lowest BCUT2D eigenvalue weighted by Gasteiger charge is -2.23. The fourth-order valence-electron chi connectivity index (χ4n) is 2.18. The number of aliphatic hydroxyl groups excluding tert-OH is 1. The fourth-order valence-corrected chi connectivity index (χ4v) is 2.18. The van der Waals surface area contributed by atoms with Crippen LogP contribution in [0.5, 0.6) is 0 Å². The summed E-state index contributed by atoms with van der Waals surface area (Å²) in [7, 11) is 0. The smallest absolute Gasteiger partial charge is 0.328 e. The highest BCUT2D eigenvalue weighted by molar-refractivity contribution is 5.94. The molecule has 0 saturated carbocycles. The van der Waals surface area contributed by atoms with Gasteiger partial charge in [-0.05, 0) is 32.7 Å². The highest BCUT2D eigenvalue weighted by atomic mass is 16.4. The van der Waals surface area contributed by atoms with Crippen molar-refractivity contribution in [3.05, 3.63) is 0 Å². The maximum Gasteiger partial charge on any atom is 0.328 e. The lowest BCUT2D eigenvalue weighted by Crippen LogP contribution is -2.56. The van der Waals surface area contributed by atoms with Gasteiger partial charge in [-0.1, -0.05) is 0 Å². The number of carbonyl (C=O) groups is 5.